The van der Waals surface area contributed by atoms with Crippen molar-refractivity contribution in [1.29, 1.82) is 0 Å². The van der Waals surface area contributed by atoms with Crippen LogP contribution in [0, 0.1) is 0 Å². The summed E-state index contributed by atoms with van der Waals surface area (Å²) in [5.41, 5.74) is 3.70. The van der Waals surface area contributed by atoms with Gasteiger partial charge in [-0.25, -0.2) is 17.9 Å². The maximum absolute atomic E-state index is 12.8. The zero-order valence-electron chi connectivity index (χ0n) is 18.1. The highest BCUT2D eigenvalue weighted by Crippen LogP contribution is 2.35. The number of aryl methyl sites for hydroxylation is 1. The van der Waals surface area contributed by atoms with Gasteiger partial charge in [-0.1, -0.05) is 49.7 Å². The molecule has 0 bridgehead atoms. The van der Waals surface area contributed by atoms with E-state index >= 15 is 0 Å². The molecule has 1 aliphatic carbocycles. The number of urea groups is 1. The average molecular weight is 507 g/mol. The molecule has 2 aromatic rings. The fraction of sp³-hybridized carbons (Fsp3) is 0.391. The van der Waals surface area contributed by atoms with E-state index in [0.717, 1.165) is 34.0 Å². The van der Waals surface area contributed by atoms with E-state index in [1.54, 1.807) is 6.07 Å². The van der Waals surface area contributed by atoms with E-state index in [9.17, 15) is 18.0 Å². The smallest absolute Gasteiger partial charge is 0.307 e. The van der Waals surface area contributed by atoms with Crippen molar-refractivity contribution in [1.82, 2.24) is 4.72 Å². The fourth-order valence-corrected chi connectivity index (χ4v) is 5.23. The summed E-state index contributed by atoms with van der Waals surface area (Å²) in [6.45, 7) is 8.04. The third-order valence-electron chi connectivity index (χ3n) is 5.42. The molecule has 0 aliphatic heterocycles. The number of rotatable bonds is 5. The van der Waals surface area contributed by atoms with Gasteiger partial charge in [0.2, 0.25) is 0 Å². The van der Waals surface area contributed by atoms with Crippen molar-refractivity contribution < 1.29 is 18.0 Å². The van der Waals surface area contributed by atoms with Crippen molar-refractivity contribution in [2.45, 2.75) is 63.7 Å². The lowest BCUT2D eigenvalue weighted by atomic mass is 9.91. The van der Waals surface area contributed by atoms with Gasteiger partial charge in [-0.3, -0.25) is 4.79 Å². The van der Waals surface area contributed by atoms with E-state index in [1.807, 2.05) is 39.8 Å². The number of benzene rings is 2. The molecule has 2 aromatic carbocycles. The standard InChI is InChI=1S/C23H27BrN2O4S/c1-13(2)18-10-16(24)11-19(14(3)4)22(18)25-23(28)26-31(29,30)17-9-8-15-6-5-7-21(27)20(15)12-17/h8-14H,5-7H2,1-4H3,(H2,25,26,28). The van der Waals surface area contributed by atoms with Crippen LogP contribution >= 0.6 is 15.9 Å². The first-order chi connectivity index (χ1) is 14.5. The highest BCUT2D eigenvalue weighted by molar-refractivity contribution is 9.10. The number of anilines is 1. The monoisotopic (exact) mass is 506 g/mol. The molecule has 6 nitrogen and oxygen atoms in total. The number of ketones is 1. The number of amides is 2. The Hall–Kier alpha value is -2.19. The second-order valence-electron chi connectivity index (χ2n) is 8.42. The summed E-state index contributed by atoms with van der Waals surface area (Å²) < 4.78 is 28.6. The topological polar surface area (TPSA) is 92.3 Å². The minimum absolute atomic E-state index is 0.0687. The predicted molar refractivity (Wildman–Crippen MR) is 125 cm³/mol. The fourth-order valence-electron chi connectivity index (χ4n) is 3.80. The number of hydrogen-bond acceptors (Lipinski definition) is 4. The quantitative estimate of drug-likeness (QED) is 0.541. The summed E-state index contributed by atoms with van der Waals surface area (Å²) in [4.78, 5) is 24.8. The molecule has 2 amide bonds. The zero-order valence-corrected chi connectivity index (χ0v) is 20.5. The number of fused-ring (bicyclic) bond motifs is 1. The SMILES string of the molecule is CC(C)c1cc(Br)cc(C(C)C)c1NC(=O)NS(=O)(=O)c1ccc2c(c1)C(=O)CCC2. The molecule has 31 heavy (non-hydrogen) atoms. The largest absolute Gasteiger partial charge is 0.333 e. The third kappa shape index (κ3) is 5.18. The summed E-state index contributed by atoms with van der Waals surface area (Å²) in [7, 11) is -4.13. The summed E-state index contributed by atoms with van der Waals surface area (Å²) >= 11 is 3.51. The Kier molecular flexibility index (Phi) is 6.91. The molecule has 0 saturated carbocycles. The van der Waals surface area contributed by atoms with Gasteiger partial charge >= 0.3 is 6.03 Å². The normalized spacial score (nSPS) is 14.0. The molecule has 0 unspecified atom stereocenters. The molecule has 8 heteroatoms. The van der Waals surface area contributed by atoms with Gasteiger partial charge in [0.1, 0.15) is 0 Å². The zero-order chi connectivity index (χ0) is 22.9. The molecular formula is C23H27BrN2O4S. The van der Waals surface area contributed by atoms with Gasteiger partial charge in [0.25, 0.3) is 10.0 Å². The van der Waals surface area contributed by atoms with E-state index in [4.69, 9.17) is 0 Å². The number of carbonyl (C=O) groups is 2. The molecule has 0 spiro atoms. The van der Waals surface area contributed by atoms with Crippen LogP contribution in [0.1, 0.15) is 79.4 Å². The first-order valence-corrected chi connectivity index (χ1v) is 12.6. The Bertz CT molecular complexity index is 1110. The Balaban J connectivity index is 1.89. The Morgan fingerprint density at radius 3 is 2.19 bits per heavy atom. The van der Waals surface area contributed by atoms with Gasteiger partial charge in [0, 0.05) is 22.1 Å². The van der Waals surface area contributed by atoms with Crippen LogP contribution in [0.2, 0.25) is 0 Å². The summed E-state index contributed by atoms with van der Waals surface area (Å²) in [5.74, 6) is 0.169. The van der Waals surface area contributed by atoms with Crippen molar-refractivity contribution >= 4 is 43.5 Å². The molecule has 0 atom stereocenters. The van der Waals surface area contributed by atoms with Crippen LogP contribution in [-0.2, 0) is 16.4 Å². The van der Waals surface area contributed by atoms with Crippen LogP contribution < -0.4 is 10.0 Å². The van der Waals surface area contributed by atoms with Crippen LogP contribution in [0.3, 0.4) is 0 Å². The van der Waals surface area contributed by atoms with Gasteiger partial charge in [-0.05, 0) is 65.6 Å². The Labute approximate surface area is 192 Å². The molecule has 166 valence electrons. The van der Waals surface area contributed by atoms with Crippen molar-refractivity contribution in [2.24, 2.45) is 0 Å². The molecule has 0 radical (unpaired) electrons. The lowest BCUT2D eigenvalue weighted by Crippen LogP contribution is -2.35. The number of halogens is 1. The average Bonchev–Trinajstić information content (AvgIpc) is 2.68. The number of sulfonamides is 1. The summed E-state index contributed by atoms with van der Waals surface area (Å²) in [6, 6.07) is 7.47. The maximum atomic E-state index is 12.8. The van der Waals surface area contributed by atoms with Crippen LogP contribution in [0.5, 0.6) is 0 Å². The van der Waals surface area contributed by atoms with E-state index in [-0.39, 0.29) is 22.5 Å². The van der Waals surface area contributed by atoms with Gasteiger partial charge in [-0.2, -0.15) is 0 Å². The predicted octanol–water partition coefficient (Wildman–Crippen LogP) is 5.73. The number of carbonyl (C=O) groups excluding carboxylic acids is 2. The number of nitrogens with one attached hydrogen (secondary N) is 2. The van der Waals surface area contributed by atoms with E-state index < -0.39 is 16.1 Å². The molecular weight excluding hydrogens is 480 g/mol. The van der Waals surface area contributed by atoms with Crippen molar-refractivity contribution in [3.8, 4) is 0 Å². The molecule has 0 heterocycles. The van der Waals surface area contributed by atoms with Crippen molar-refractivity contribution in [2.75, 3.05) is 5.32 Å². The lowest BCUT2D eigenvalue weighted by molar-refractivity contribution is 0.0972. The summed E-state index contributed by atoms with van der Waals surface area (Å²) in [5, 5.41) is 2.75. The first kappa shape index (κ1) is 23.5. The second-order valence-corrected chi connectivity index (χ2v) is 11.0. The van der Waals surface area contributed by atoms with E-state index in [2.05, 4.69) is 26.0 Å². The molecule has 0 saturated heterocycles. The maximum Gasteiger partial charge on any atom is 0.333 e. The molecule has 1 aliphatic rings. The van der Waals surface area contributed by atoms with Crippen LogP contribution in [0.15, 0.2) is 39.7 Å². The van der Waals surface area contributed by atoms with Gasteiger partial charge in [-0.15, -0.1) is 0 Å². The van der Waals surface area contributed by atoms with Crippen molar-refractivity contribution in [3.63, 3.8) is 0 Å². The minimum atomic E-state index is -4.13. The molecule has 0 fully saturated rings. The number of hydrogen-bond donors (Lipinski definition) is 2. The Morgan fingerprint density at radius 1 is 1.00 bits per heavy atom. The molecule has 2 N–H and O–H groups in total. The van der Waals surface area contributed by atoms with Crippen LogP contribution in [0.25, 0.3) is 0 Å². The highest BCUT2D eigenvalue weighted by atomic mass is 79.9. The van der Waals surface area contributed by atoms with Crippen LogP contribution in [-0.4, -0.2) is 20.2 Å². The minimum Gasteiger partial charge on any atom is -0.307 e. The Morgan fingerprint density at radius 2 is 1.61 bits per heavy atom. The second kappa shape index (κ2) is 9.12. The highest BCUT2D eigenvalue weighted by Gasteiger charge is 2.24. The summed E-state index contributed by atoms with van der Waals surface area (Å²) in [6.07, 6.45) is 1.92. The number of Topliss-reactive ketones (excluding diaryl/α,β-unsaturated/α-hetero) is 1. The first-order valence-electron chi connectivity index (χ1n) is 10.3. The third-order valence-corrected chi connectivity index (χ3v) is 7.20. The van der Waals surface area contributed by atoms with Gasteiger partial charge < -0.3 is 5.32 Å². The van der Waals surface area contributed by atoms with Crippen molar-refractivity contribution in [3.05, 3.63) is 57.1 Å². The molecule has 3 rings (SSSR count). The van der Waals surface area contributed by atoms with Gasteiger partial charge in [0.05, 0.1) is 4.90 Å². The van der Waals surface area contributed by atoms with E-state index in [1.165, 1.54) is 12.1 Å². The lowest BCUT2D eigenvalue weighted by Gasteiger charge is -2.21. The molecule has 0 aromatic heterocycles. The van der Waals surface area contributed by atoms with Crippen LogP contribution in [0.4, 0.5) is 10.5 Å². The van der Waals surface area contributed by atoms with E-state index in [0.29, 0.717) is 17.7 Å². The van der Waals surface area contributed by atoms with Gasteiger partial charge in [0.15, 0.2) is 5.78 Å².